The second-order valence-corrected chi connectivity index (χ2v) is 7.83. The molecule has 3 atom stereocenters. The van der Waals surface area contributed by atoms with Crippen molar-refractivity contribution < 1.29 is 9.47 Å². The van der Waals surface area contributed by atoms with E-state index in [1.807, 2.05) is 13.8 Å². The van der Waals surface area contributed by atoms with Crippen LogP contribution in [0.5, 0.6) is 5.75 Å². The topological polar surface area (TPSA) is 18.5 Å². The first kappa shape index (κ1) is 16.4. The van der Waals surface area contributed by atoms with Crippen molar-refractivity contribution in [2.24, 2.45) is 11.3 Å². The van der Waals surface area contributed by atoms with Gasteiger partial charge in [-0.25, -0.2) is 0 Å². The minimum absolute atomic E-state index is 0.0517. The zero-order valence-electron chi connectivity index (χ0n) is 14.6. The van der Waals surface area contributed by atoms with E-state index in [1.54, 1.807) is 0 Å². The first-order valence-electron chi connectivity index (χ1n) is 8.13. The van der Waals surface area contributed by atoms with E-state index in [1.165, 1.54) is 11.1 Å². The number of hydrogen-bond acceptors (Lipinski definition) is 2. The van der Waals surface area contributed by atoms with Crippen molar-refractivity contribution in [2.75, 3.05) is 0 Å². The highest BCUT2D eigenvalue weighted by Crippen LogP contribution is 2.39. The summed E-state index contributed by atoms with van der Waals surface area (Å²) in [5.74, 6) is 2.30. The number of fused-ring (bicyclic) bond motifs is 1. The van der Waals surface area contributed by atoms with E-state index in [9.17, 15) is 0 Å². The van der Waals surface area contributed by atoms with E-state index in [-0.39, 0.29) is 17.8 Å². The van der Waals surface area contributed by atoms with Gasteiger partial charge in [-0.05, 0) is 55.4 Å². The molecule has 0 aromatic heterocycles. The van der Waals surface area contributed by atoms with Crippen LogP contribution in [0.4, 0.5) is 0 Å². The van der Waals surface area contributed by atoms with Gasteiger partial charge in [-0.15, -0.1) is 0 Å². The summed E-state index contributed by atoms with van der Waals surface area (Å²) < 4.78 is 12.1. The van der Waals surface area contributed by atoms with Gasteiger partial charge in [0.15, 0.2) is 0 Å². The lowest BCUT2D eigenvalue weighted by molar-refractivity contribution is -0.162. The Balaban J connectivity index is 2.17. The molecule has 0 saturated carbocycles. The first-order chi connectivity index (χ1) is 9.68. The molecule has 1 aliphatic carbocycles. The lowest BCUT2D eigenvalue weighted by Crippen LogP contribution is -2.36. The largest absolute Gasteiger partial charge is 0.464 e. The SMILES string of the molecule is CC(C)OC(Oc1ccc2c(c1)CC(C)C2C)C(C)(C)C. The Morgan fingerprint density at radius 3 is 2.38 bits per heavy atom. The van der Waals surface area contributed by atoms with Crippen molar-refractivity contribution in [3.05, 3.63) is 29.3 Å². The van der Waals surface area contributed by atoms with Gasteiger partial charge in [-0.3, -0.25) is 0 Å². The van der Waals surface area contributed by atoms with Crippen LogP contribution in [0.25, 0.3) is 0 Å². The van der Waals surface area contributed by atoms with E-state index in [0.717, 1.165) is 18.1 Å². The Bertz CT molecular complexity index is 485. The minimum Gasteiger partial charge on any atom is -0.464 e. The van der Waals surface area contributed by atoms with Crippen LogP contribution in [-0.4, -0.2) is 12.4 Å². The Kier molecular flexibility index (Phi) is 4.67. The highest BCUT2D eigenvalue weighted by Gasteiger charge is 2.30. The standard InChI is InChI=1S/C19H30O2/c1-12(2)20-18(19(5,6)7)21-16-8-9-17-14(4)13(3)10-15(17)11-16/h8-9,11-14,18H,10H2,1-7H3. The Morgan fingerprint density at radius 2 is 1.81 bits per heavy atom. The number of rotatable bonds is 4. The molecule has 3 unspecified atom stereocenters. The summed E-state index contributed by atoms with van der Waals surface area (Å²) >= 11 is 0. The molecule has 0 bridgehead atoms. The second kappa shape index (κ2) is 6.00. The molecule has 118 valence electrons. The predicted molar refractivity (Wildman–Crippen MR) is 87.8 cm³/mol. The zero-order valence-corrected chi connectivity index (χ0v) is 14.6. The van der Waals surface area contributed by atoms with Gasteiger partial charge >= 0.3 is 0 Å². The van der Waals surface area contributed by atoms with E-state index >= 15 is 0 Å². The van der Waals surface area contributed by atoms with Crippen LogP contribution in [-0.2, 0) is 11.2 Å². The first-order valence-corrected chi connectivity index (χ1v) is 8.13. The second-order valence-electron chi connectivity index (χ2n) is 7.83. The molecular formula is C19H30O2. The minimum atomic E-state index is -0.230. The number of hydrogen-bond donors (Lipinski definition) is 0. The summed E-state index contributed by atoms with van der Waals surface area (Å²) in [6, 6.07) is 6.53. The third-order valence-corrected chi connectivity index (χ3v) is 4.35. The monoisotopic (exact) mass is 290 g/mol. The molecule has 1 aliphatic rings. The van der Waals surface area contributed by atoms with E-state index in [2.05, 4.69) is 52.8 Å². The van der Waals surface area contributed by atoms with E-state index < -0.39 is 0 Å². The smallest absolute Gasteiger partial charge is 0.204 e. The predicted octanol–water partition coefficient (Wildman–Crippen LogP) is 5.16. The molecule has 0 spiro atoms. The van der Waals surface area contributed by atoms with Crippen molar-refractivity contribution in [2.45, 2.75) is 73.2 Å². The third kappa shape index (κ3) is 3.79. The summed E-state index contributed by atoms with van der Waals surface area (Å²) in [4.78, 5) is 0. The van der Waals surface area contributed by atoms with Crippen LogP contribution in [0.1, 0.15) is 65.5 Å². The molecule has 1 aromatic rings. The van der Waals surface area contributed by atoms with Crippen molar-refractivity contribution in [3.8, 4) is 5.75 Å². The lowest BCUT2D eigenvalue weighted by atomic mass is 9.95. The van der Waals surface area contributed by atoms with Gasteiger partial charge in [0.05, 0.1) is 6.10 Å². The van der Waals surface area contributed by atoms with Gasteiger partial charge in [-0.1, -0.05) is 40.7 Å². The fraction of sp³-hybridized carbons (Fsp3) is 0.684. The van der Waals surface area contributed by atoms with Gasteiger partial charge in [-0.2, -0.15) is 0 Å². The fourth-order valence-corrected chi connectivity index (χ4v) is 2.89. The average Bonchev–Trinajstić information content (AvgIpc) is 2.62. The van der Waals surface area contributed by atoms with Gasteiger partial charge in [0, 0.05) is 5.41 Å². The van der Waals surface area contributed by atoms with Gasteiger partial charge in [0.2, 0.25) is 6.29 Å². The molecule has 21 heavy (non-hydrogen) atoms. The van der Waals surface area contributed by atoms with Crippen LogP contribution in [0.15, 0.2) is 18.2 Å². The van der Waals surface area contributed by atoms with Crippen LogP contribution < -0.4 is 4.74 Å². The maximum Gasteiger partial charge on any atom is 0.204 e. The zero-order chi connectivity index (χ0) is 15.8. The molecule has 0 aliphatic heterocycles. The van der Waals surface area contributed by atoms with Crippen molar-refractivity contribution in [1.29, 1.82) is 0 Å². The van der Waals surface area contributed by atoms with Gasteiger partial charge in [0.1, 0.15) is 5.75 Å². The number of benzene rings is 1. The maximum absolute atomic E-state index is 6.16. The summed E-state index contributed by atoms with van der Waals surface area (Å²) in [6.45, 7) is 15.2. The molecule has 0 amide bonds. The Morgan fingerprint density at radius 1 is 1.14 bits per heavy atom. The summed E-state index contributed by atoms with van der Waals surface area (Å²) in [5, 5.41) is 0. The Hall–Kier alpha value is -1.02. The van der Waals surface area contributed by atoms with Crippen LogP contribution in [0, 0.1) is 11.3 Å². The summed E-state index contributed by atoms with van der Waals surface area (Å²) in [6.07, 6.45) is 1.08. The molecule has 0 radical (unpaired) electrons. The Labute approximate surface area is 129 Å². The van der Waals surface area contributed by atoms with Crippen LogP contribution in [0.3, 0.4) is 0 Å². The average molecular weight is 290 g/mol. The molecule has 0 N–H and O–H groups in total. The number of ether oxygens (including phenoxy) is 2. The normalized spacial score (nSPS) is 23.2. The highest BCUT2D eigenvalue weighted by molar-refractivity contribution is 5.41. The van der Waals surface area contributed by atoms with E-state index in [4.69, 9.17) is 9.47 Å². The fourth-order valence-electron chi connectivity index (χ4n) is 2.89. The van der Waals surface area contributed by atoms with E-state index in [0.29, 0.717) is 5.92 Å². The van der Waals surface area contributed by atoms with Gasteiger partial charge < -0.3 is 9.47 Å². The molecule has 0 saturated heterocycles. The molecule has 2 rings (SSSR count). The molecular weight excluding hydrogens is 260 g/mol. The molecule has 0 fully saturated rings. The summed E-state index contributed by atoms with van der Waals surface area (Å²) in [5.41, 5.74) is 2.86. The highest BCUT2D eigenvalue weighted by atomic mass is 16.7. The van der Waals surface area contributed by atoms with Crippen molar-refractivity contribution >= 4 is 0 Å². The maximum atomic E-state index is 6.16. The third-order valence-electron chi connectivity index (χ3n) is 4.35. The summed E-state index contributed by atoms with van der Waals surface area (Å²) in [7, 11) is 0. The molecule has 1 aromatic carbocycles. The van der Waals surface area contributed by atoms with Crippen LogP contribution >= 0.6 is 0 Å². The molecule has 2 nitrogen and oxygen atoms in total. The molecule has 2 heteroatoms. The van der Waals surface area contributed by atoms with Crippen molar-refractivity contribution in [1.82, 2.24) is 0 Å². The van der Waals surface area contributed by atoms with Crippen LogP contribution in [0.2, 0.25) is 0 Å². The lowest BCUT2D eigenvalue weighted by Gasteiger charge is -2.32. The quantitative estimate of drug-likeness (QED) is 0.713. The van der Waals surface area contributed by atoms with Crippen molar-refractivity contribution in [3.63, 3.8) is 0 Å². The van der Waals surface area contributed by atoms with Gasteiger partial charge in [0.25, 0.3) is 0 Å². The molecule has 0 heterocycles.